The van der Waals surface area contributed by atoms with Gasteiger partial charge < -0.3 is 0 Å². The molecule has 1 aliphatic carbocycles. The van der Waals surface area contributed by atoms with E-state index in [2.05, 4.69) is 72.7 Å². The van der Waals surface area contributed by atoms with Crippen LogP contribution in [0.15, 0.2) is 48.5 Å². The smallest absolute Gasteiger partial charge is 0.121 e. The van der Waals surface area contributed by atoms with Crippen molar-refractivity contribution in [3.8, 4) is 22.5 Å². The number of aryl methyl sites for hydroxylation is 1. The molecule has 0 spiro atoms. The van der Waals surface area contributed by atoms with Crippen LogP contribution in [0.1, 0.15) is 56.6 Å². The van der Waals surface area contributed by atoms with Crippen molar-refractivity contribution >= 4 is 0 Å². The van der Waals surface area contributed by atoms with E-state index in [0.717, 1.165) is 17.8 Å². The molecule has 0 aliphatic heterocycles. The Labute approximate surface area is 162 Å². The molecule has 0 saturated heterocycles. The number of hydrogen-bond acceptors (Lipinski definition) is 2. The van der Waals surface area contributed by atoms with Crippen molar-refractivity contribution in [3.05, 3.63) is 59.7 Å². The summed E-state index contributed by atoms with van der Waals surface area (Å²) in [4.78, 5) is 0. The van der Waals surface area contributed by atoms with Gasteiger partial charge in [0.05, 0.1) is 5.69 Å². The van der Waals surface area contributed by atoms with Crippen molar-refractivity contribution in [2.75, 3.05) is 0 Å². The number of hydrogen-bond donors (Lipinski definition) is 0. The van der Waals surface area contributed by atoms with Gasteiger partial charge in [-0.05, 0) is 29.4 Å². The van der Waals surface area contributed by atoms with Crippen LogP contribution < -0.4 is 0 Å². The molecule has 1 atom stereocenters. The highest BCUT2D eigenvalue weighted by molar-refractivity contribution is 5.82. The van der Waals surface area contributed by atoms with E-state index in [0.29, 0.717) is 11.8 Å². The van der Waals surface area contributed by atoms with Crippen LogP contribution in [0.4, 0.5) is 0 Å². The van der Waals surface area contributed by atoms with Crippen LogP contribution in [-0.4, -0.2) is 15.0 Å². The molecule has 2 aromatic carbocycles. The zero-order chi connectivity index (χ0) is 18.8. The Morgan fingerprint density at radius 2 is 1.63 bits per heavy atom. The summed E-state index contributed by atoms with van der Waals surface area (Å²) >= 11 is 0. The molecular weight excluding hydrogens is 330 g/mol. The summed E-state index contributed by atoms with van der Waals surface area (Å²) in [6.45, 7) is 4.62. The number of rotatable bonds is 5. The van der Waals surface area contributed by atoms with Gasteiger partial charge in [-0.3, -0.25) is 0 Å². The average Bonchev–Trinajstić information content (AvgIpc) is 3.06. The van der Waals surface area contributed by atoms with E-state index >= 15 is 0 Å². The molecule has 1 unspecified atom stereocenters. The van der Waals surface area contributed by atoms with Gasteiger partial charge in [-0.15, -0.1) is 5.10 Å². The van der Waals surface area contributed by atoms with E-state index in [4.69, 9.17) is 0 Å². The normalized spacial score (nSPS) is 15.6. The summed E-state index contributed by atoms with van der Waals surface area (Å²) in [7, 11) is 2.00. The second-order valence-electron chi connectivity index (χ2n) is 7.80. The van der Waals surface area contributed by atoms with E-state index in [1.165, 1.54) is 47.9 Å². The molecule has 0 N–H and O–H groups in total. The van der Waals surface area contributed by atoms with E-state index in [-0.39, 0.29) is 0 Å². The van der Waals surface area contributed by atoms with E-state index in [9.17, 15) is 0 Å². The predicted molar refractivity (Wildman–Crippen MR) is 112 cm³/mol. The molecule has 0 amide bonds. The first-order chi connectivity index (χ1) is 13.2. The Hall–Kier alpha value is -2.42. The zero-order valence-electron chi connectivity index (χ0n) is 16.7. The minimum atomic E-state index is 0.525. The fourth-order valence-corrected chi connectivity index (χ4v) is 4.86. The summed E-state index contributed by atoms with van der Waals surface area (Å²) < 4.78 is 1.93. The zero-order valence-corrected chi connectivity index (χ0v) is 16.7. The number of fused-ring (bicyclic) bond motifs is 5. The summed E-state index contributed by atoms with van der Waals surface area (Å²) in [6.07, 6.45) is 6.12. The molecular formula is C24H29N3. The quantitative estimate of drug-likeness (QED) is 0.559. The van der Waals surface area contributed by atoms with Crippen LogP contribution in [0.5, 0.6) is 0 Å². The fourth-order valence-electron chi connectivity index (χ4n) is 4.86. The van der Waals surface area contributed by atoms with Crippen molar-refractivity contribution < 1.29 is 0 Å². The average molecular weight is 360 g/mol. The van der Waals surface area contributed by atoms with E-state index in [1.807, 2.05) is 11.7 Å². The van der Waals surface area contributed by atoms with Crippen molar-refractivity contribution in [2.45, 2.75) is 51.9 Å². The molecule has 1 aromatic heterocycles. The van der Waals surface area contributed by atoms with Crippen LogP contribution in [0.2, 0.25) is 0 Å². The second kappa shape index (κ2) is 7.67. The van der Waals surface area contributed by atoms with Crippen molar-refractivity contribution in [3.63, 3.8) is 0 Å². The molecule has 3 nitrogen and oxygen atoms in total. The lowest BCUT2D eigenvalue weighted by Gasteiger charge is -2.31. The molecule has 4 rings (SSSR count). The summed E-state index contributed by atoms with van der Waals surface area (Å²) in [6, 6.07) is 17.7. The first kappa shape index (κ1) is 18.0. The third-order valence-electron chi connectivity index (χ3n) is 6.04. The Kier molecular flexibility index (Phi) is 5.11. The van der Waals surface area contributed by atoms with E-state index in [1.54, 1.807) is 0 Å². The Balaban J connectivity index is 1.97. The number of aromatic nitrogens is 3. The molecule has 1 heterocycles. The van der Waals surface area contributed by atoms with Gasteiger partial charge >= 0.3 is 0 Å². The number of benzene rings is 2. The molecule has 0 bridgehead atoms. The summed E-state index contributed by atoms with van der Waals surface area (Å²) in [5.41, 5.74) is 7.57. The van der Waals surface area contributed by atoms with Gasteiger partial charge in [0.15, 0.2) is 0 Å². The maximum atomic E-state index is 4.60. The molecule has 3 aromatic rings. The van der Waals surface area contributed by atoms with Gasteiger partial charge in [-0.2, -0.15) is 0 Å². The summed E-state index contributed by atoms with van der Waals surface area (Å²) in [5, 5.41) is 8.99. The molecule has 0 saturated carbocycles. The third kappa shape index (κ3) is 3.20. The second-order valence-corrected chi connectivity index (χ2v) is 7.80. The van der Waals surface area contributed by atoms with Crippen LogP contribution in [-0.2, 0) is 13.5 Å². The maximum absolute atomic E-state index is 4.60. The Morgan fingerprint density at radius 3 is 2.37 bits per heavy atom. The monoisotopic (exact) mass is 359 g/mol. The van der Waals surface area contributed by atoms with Gasteiger partial charge in [0.2, 0.25) is 0 Å². The van der Waals surface area contributed by atoms with Gasteiger partial charge in [-0.25, -0.2) is 4.68 Å². The predicted octanol–water partition coefficient (Wildman–Crippen LogP) is 6.01. The van der Waals surface area contributed by atoms with Gasteiger partial charge in [0.25, 0.3) is 0 Å². The summed E-state index contributed by atoms with van der Waals surface area (Å²) in [5.74, 6) is 1.23. The van der Waals surface area contributed by atoms with Crippen molar-refractivity contribution in [1.29, 1.82) is 0 Å². The highest BCUT2D eigenvalue weighted by atomic mass is 15.4. The lowest BCUT2D eigenvalue weighted by molar-refractivity contribution is 0.360. The minimum absolute atomic E-state index is 0.525. The van der Waals surface area contributed by atoms with Crippen LogP contribution in [0.25, 0.3) is 22.5 Å². The SMILES string of the molecule is CCCC(CCC)C1Cc2ccccc2-c2c(nnn2C)-c2ccccc21. The van der Waals surface area contributed by atoms with Crippen molar-refractivity contribution in [2.24, 2.45) is 13.0 Å². The number of nitrogens with zero attached hydrogens (tertiary/aromatic N) is 3. The minimum Gasteiger partial charge on any atom is -0.247 e. The molecule has 27 heavy (non-hydrogen) atoms. The van der Waals surface area contributed by atoms with Gasteiger partial charge in [0, 0.05) is 18.2 Å². The molecule has 3 heteroatoms. The van der Waals surface area contributed by atoms with Gasteiger partial charge in [-0.1, -0.05) is 93.3 Å². The molecule has 0 radical (unpaired) electrons. The maximum Gasteiger partial charge on any atom is 0.121 e. The Morgan fingerprint density at radius 1 is 0.963 bits per heavy atom. The topological polar surface area (TPSA) is 30.7 Å². The standard InChI is InChI=1S/C24H29N3/c1-4-10-17(11-5-2)22-16-18-12-6-7-13-19(18)24-23(25-26-27(24)3)21-15-9-8-14-20(21)22/h6-9,12-15,17,22H,4-5,10-11,16H2,1-3H3. The van der Waals surface area contributed by atoms with Crippen molar-refractivity contribution in [1.82, 2.24) is 15.0 Å². The first-order valence-electron chi connectivity index (χ1n) is 10.3. The molecule has 140 valence electrons. The van der Waals surface area contributed by atoms with Crippen LogP contribution in [0, 0.1) is 5.92 Å². The largest absolute Gasteiger partial charge is 0.247 e. The molecule has 0 fully saturated rings. The fraction of sp³-hybridized carbons (Fsp3) is 0.417. The van der Waals surface area contributed by atoms with E-state index < -0.39 is 0 Å². The Bertz CT molecular complexity index is 919. The highest BCUT2D eigenvalue weighted by Crippen LogP contribution is 2.45. The first-order valence-corrected chi connectivity index (χ1v) is 10.3. The van der Waals surface area contributed by atoms with Gasteiger partial charge in [0.1, 0.15) is 5.69 Å². The highest BCUT2D eigenvalue weighted by Gasteiger charge is 2.30. The third-order valence-corrected chi connectivity index (χ3v) is 6.04. The van der Waals surface area contributed by atoms with Crippen LogP contribution in [0.3, 0.4) is 0 Å². The lowest BCUT2D eigenvalue weighted by Crippen LogP contribution is -2.18. The lowest BCUT2D eigenvalue weighted by atomic mass is 9.73. The molecule has 1 aliphatic rings. The van der Waals surface area contributed by atoms with Crippen LogP contribution >= 0.6 is 0 Å².